The highest BCUT2D eigenvalue weighted by atomic mass is 19.4. The van der Waals surface area contributed by atoms with E-state index in [1.54, 1.807) is 0 Å². The number of halogens is 6. The van der Waals surface area contributed by atoms with E-state index in [1.807, 2.05) is 0 Å². The predicted octanol–water partition coefficient (Wildman–Crippen LogP) is 4.56. The van der Waals surface area contributed by atoms with Gasteiger partial charge in [-0.2, -0.15) is 26.3 Å². The highest BCUT2D eigenvalue weighted by Gasteiger charge is 2.34. The maximum Gasteiger partial charge on any atom is 0.416 e. The maximum atomic E-state index is 13.0. The molecule has 4 N–H and O–H groups in total. The molecule has 0 aliphatic carbocycles. The monoisotopic (exact) mass is 431 g/mol. The molecule has 6 nitrogen and oxygen atoms in total. The minimum atomic E-state index is -4.80. The van der Waals surface area contributed by atoms with Crippen LogP contribution in [0.15, 0.2) is 42.5 Å². The summed E-state index contributed by atoms with van der Waals surface area (Å²) < 4.78 is 78.1. The molecule has 158 valence electrons. The molecule has 0 saturated carbocycles. The Morgan fingerprint density at radius 1 is 0.933 bits per heavy atom. The van der Waals surface area contributed by atoms with Crippen LogP contribution in [0.2, 0.25) is 0 Å². The SMILES string of the molecule is NC(=O)n1c(O)c(C(=O)Nc2cccc(C(F)(F)F)c2)c2cc(C(F)(F)F)ccc21. The van der Waals surface area contributed by atoms with Crippen molar-refractivity contribution in [2.24, 2.45) is 5.73 Å². The van der Waals surface area contributed by atoms with Crippen LogP contribution in [0.1, 0.15) is 21.5 Å². The van der Waals surface area contributed by atoms with Crippen LogP contribution in [0.25, 0.3) is 10.9 Å². The largest absolute Gasteiger partial charge is 0.494 e. The van der Waals surface area contributed by atoms with Gasteiger partial charge in [0.2, 0.25) is 5.88 Å². The van der Waals surface area contributed by atoms with E-state index < -0.39 is 52.2 Å². The third kappa shape index (κ3) is 3.75. The second kappa shape index (κ2) is 6.97. The van der Waals surface area contributed by atoms with E-state index >= 15 is 0 Å². The molecular formula is C18H11F6N3O3. The number of aromatic hydroxyl groups is 1. The number of hydrogen-bond donors (Lipinski definition) is 3. The Balaban J connectivity index is 2.13. The average molecular weight is 431 g/mol. The van der Waals surface area contributed by atoms with Gasteiger partial charge in [0.25, 0.3) is 5.91 Å². The number of carbonyl (C=O) groups is 2. The van der Waals surface area contributed by atoms with E-state index in [9.17, 15) is 41.0 Å². The fourth-order valence-electron chi connectivity index (χ4n) is 2.87. The quantitative estimate of drug-likeness (QED) is 0.519. The lowest BCUT2D eigenvalue weighted by Crippen LogP contribution is -2.19. The van der Waals surface area contributed by atoms with Gasteiger partial charge in [0, 0.05) is 11.1 Å². The van der Waals surface area contributed by atoms with Gasteiger partial charge in [-0.05, 0) is 36.4 Å². The van der Waals surface area contributed by atoms with Gasteiger partial charge < -0.3 is 16.2 Å². The van der Waals surface area contributed by atoms with E-state index in [2.05, 4.69) is 5.32 Å². The van der Waals surface area contributed by atoms with Crippen LogP contribution < -0.4 is 11.1 Å². The first-order chi connectivity index (χ1) is 13.8. The van der Waals surface area contributed by atoms with Gasteiger partial charge in [-0.25, -0.2) is 9.36 Å². The van der Waals surface area contributed by atoms with Crippen molar-refractivity contribution >= 4 is 28.5 Å². The molecular weight excluding hydrogens is 420 g/mol. The number of rotatable bonds is 2. The molecule has 0 radical (unpaired) electrons. The lowest BCUT2D eigenvalue weighted by atomic mass is 10.1. The summed E-state index contributed by atoms with van der Waals surface area (Å²) >= 11 is 0. The van der Waals surface area contributed by atoms with Crippen molar-refractivity contribution in [2.45, 2.75) is 12.4 Å². The number of nitrogens with two attached hydrogens (primary N) is 1. The molecule has 0 aliphatic heterocycles. The second-order valence-corrected chi connectivity index (χ2v) is 6.13. The number of aromatic nitrogens is 1. The summed E-state index contributed by atoms with van der Waals surface area (Å²) in [5.41, 5.74) is 1.49. The van der Waals surface area contributed by atoms with Crippen LogP contribution in [0.3, 0.4) is 0 Å². The van der Waals surface area contributed by atoms with Crippen molar-refractivity contribution in [1.82, 2.24) is 4.57 Å². The van der Waals surface area contributed by atoms with Crippen LogP contribution in [0.5, 0.6) is 5.88 Å². The Labute approximate surface area is 163 Å². The summed E-state index contributed by atoms with van der Waals surface area (Å²) in [4.78, 5) is 24.2. The van der Waals surface area contributed by atoms with E-state index in [4.69, 9.17) is 5.73 Å². The molecule has 0 aliphatic rings. The third-order valence-corrected chi connectivity index (χ3v) is 4.16. The van der Waals surface area contributed by atoms with Crippen LogP contribution in [-0.4, -0.2) is 21.6 Å². The number of carbonyl (C=O) groups excluding carboxylic acids is 2. The number of amides is 2. The lowest BCUT2D eigenvalue weighted by molar-refractivity contribution is -0.138. The highest BCUT2D eigenvalue weighted by Crippen LogP contribution is 2.37. The summed E-state index contributed by atoms with van der Waals surface area (Å²) in [6, 6.07) is 4.17. The van der Waals surface area contributed by atoms with Gasteiger partial charge in [0.15, 0.2) is 0 Å². The molecule has 0 atom stereocenters. The summed E-state index contributed by atoms with van der Waals surface area (Å²) in [5, 5.41) is 11.9. The first-order valence-corrected chi connectivity index (χ1v) is 8.03. The Morgan fingerprint density at radius 2 is 1.53 bits per heavy atom. The zero-order valence-corrected chi connectivity index (χ0v) is 14.6. The van der Waals surface area contributed by atoms with E-state index in [0.717, 1.165) is 24.3 Å². The fourth-order valence-corrected chi connectivity index (χ4v) is 2.87. The lowest BCUT2D eigenvalue weighted by Gasteiger charge is -2.10. The third-order valence-electron chi connectivity index (χ3n) is 4.16. The average Bonchev–Trinajstić information content (AvgIpc) is 2.91. The van der Waals surface area contributed by atoms with E-state index in [-0.39, 0.29) is 11.2 Å². The molecule has 1 heterocycles. The molecule has 0 spiro atoms. The van der Waals surface area contributed by atoms with E-state index in [0.29, 0.717) is 22.8 Å². The molecule has 0 bridgehead atoms. The molecule has 2 aromatic carbocycles. The minimum Gasteiger partial charge on any atom is -0.494 e. The first kappa shape index (κ1) is 21.0. The number of fused-ring (bicyclic) bond motifs is 1. The zero-order chi connectivity index (χ0) is 22.4. The van der Waals surface area contributed by atoms with Crippen molar-refractivity contribution in [1.29, 1.82) is 0 Å². The van der Waals surface area contributed by atoms with Gasteiger partial charge >= 0.3 is 18.4 Å². The first-order valence-electron chi connectivity index (χ1n) is 8.03. The van der Waals surface area contributed by atoms with Gasteiger partial charge in [-0.3, -0.25) is 4.79 Å². The van der Waals surface area contributed by atoms with Crippen molar-refractivity contribution < 1.29 is 41.0 Å². The molecule has 0 saturated heterocycles. The van der Waals surface area contributed by atoms with Crippen LogP contribution in [-0.2, 0) is 12.4 Å². The second-order valence-electron chi connectivity index (χ2n) is 6.13. The number of hydrogen-bond acceptors (Lipinski definition) is 3. The van der Waals surface area contributed by atoms with E-state index in [1.165, 1.54) is 0 Å². The number of anilines is 1. The number of benzene rings is 2. The summed E-state index contributed by atoms with van der Waals surface area (Å²) in [5.74, 6) is -2.29. The highest BCUT2D eigenvalue weighted by molar-refractivity contribution is 6.16. The van der Waals surface area contributed by atoms with Gasteiger partial charge in [0.05, 0.1) is 16.6 Å². The Kier molecular flexibility index (Phi) is 4.88. The molecule has 0 unspecified atom stereocenters. The predicted molar refractivity (Wildman–Crippen MR) is 93.0 cm³/mol. The number of nitrogens with one attached hydrogen (secondary N) is 1. The number of nitrogens with zero attached hydrogens (tertiary/aromatic N) is 1. The summed E-state index contributed by atoms with van der Waals surface area (Å²) in [6.45, 7) is 0. The van der Waals surface area contributed by atoms with Gasteiger partial charge in [0.1, 0.15) is 5.56 Å². The van der Waals surface area contributed by atoms with Crippen LogP contribution in [0, 0.1) is 0 Å². The summed E-state index contributed by atoms with van der Waals surface area (Å²) in [7, 11) is 0. The normalized spacial score (nSPS) is 12.2. The topological polar surface area (TPSA) is 97.3 Å². The maximum absolute atomic E-state index is 13.0. The van der Waals surface area contributed by atoms with Gasteiger partial charge in [-0.15, -0.1) is 0 Å². The smallest absolute Gasteiger partial charge is 0.416 e. The van der Waals surface area contributed by atoms with Gasteiger partial charge in [-0.1, -0.05) is 6.07 Å². The molecule has 0 fully saturated rings. The number of primary amides is 1. The van der Waals surface area contributed by atoms with Crippen molar-refractivity contribution in [3.63, 3.8) is 0 Å². The molecule has 2 amide bonds. The van der Waals surface area contributed by atoms with Crippen LogP contribution in [0.4, 0.5) is 36.8 Å². The molecule has 12 heteroatoms. The molecule has 30 heavy (non-hydrogen) atoms. The van der Waals surface area contributed by atoms with Crippen LogP contribution >= 0.6 is 0 Å². The fraction of sp³-hybridized carbons (Fsp3) is 0.111. The molecule has 1 aromatic heterocycles. The number of alkyl halides is 6. The molecule has 3 aromatic rings. The van der Waals surface area contributed by atoms with Crippen molar-refractivity contribution in [3.8, 4) is 5.88 Å². The Morgan fingerprint density at radius 3 is 2.10 bits per heavy atom. The minimum absolute atomic E-state index is 0.290. The Bertz CT molecular complexity index is 1160. The zero-order valence-electron chi connectivity index (χ0n) is 14.6. The Hall–Kier alpha value is -3.70. The van der Waals surface area contributed by atoms with Crippen molar-refractivity contribution in [3.05, 3.63) is 59.2 Å². The standard InChI is InChI=1S/C18H11F6N3O3/c19-17(20,21)8-2-1-3-10(6-8)26-14(28)13-11-7-9(18(22,23)24)4-5-12(11)27(15(13)29)16(25)30/h1-7,29H,(H2,25,30)(H,26,28). The summed E-state index contributed by atoms with van der Waals surface area (Å²) in [6.07, 6.45) is -9.50. The van der Waals surface area contributed by atoms with Crippen molar-refractivity contribution in [2.75, 3.05) is 5.32 Å². The molecule has 3 rings (SSSR count).